The van der Waals surface area contributed by atoms with Crippen molar-refractivity contribution < 1.29 is 0 Å². The van der Waals surface area contributed by atoms with Gasteiger partial charge in [0.25, 0.3) is 0 Å². The van der Waals surface area contributed by atoms with Gasteiger partial charge in [0, 0.05) is 0 Å². The van der Waals surface area contributed by atoms with Crippen molar-refractivity contribution in [2.75, 3.05) is 0 Å². The molecule has 0 bridgehead atoms. The molecule has 0 aromatic carbocycles. The van der Waals surface area contributed by atoms with E-state index < -0.39 is 0 Å². The third-order valence-corrected chi connectivity index (χ3v) is 4.08. The molecule has 0 radical (unpaired) electrons. The topological polar surface area (TPSA) is 0 Å². The van der Waals surface area contributed by atoms with Gasteiger partial charge < -0.3 is 0 Å². The summed E-state index contributed by atoms with van der Waals surface area (Å²) in [5.74, 6) is 4.29. The summed E-state index contributed by atoms with van der Waals surface area (Å²) in [5.41, 5.74) is 0. The summed E-state index contributed by atoms with van der Waals surface area (Å²) in [6.07, 6.45) is 9.15. The van der Waals surface area contributed by atoms with Crippen molar-refractivity contribution in [1.82, 2.24) is 0 Å². The molecule has 2 fully saturated rings. The Kier molecular flexibility index (Phi) is 2.43. The van der Waals surface area contributed by atoms with Crippen LogP contribution >= 0.6 is 0 Å². The molecule has 3 atom stereocenters. The van der Waals surface area contributed by atoms with Crippen molar-refractivity contribution in [2.24, 2.45) is 23.7 Å². The normalized spacial score (nSPS) is 38.5. The van der Waals surface area contributed by atoms with Crippen LogP contribution in [0.15, 0.2) is 0 Å². The van der Waals surface area contributed by atoms with Crippen molar-refractivity contribution in [3.63, 3.8) is 0 Å². The number of rotatable bonds is 3. The monoisotopic (exact) mass is 166 g/mol. The third-order valence-electron chi connectivity index (χ3n) is 4.08. The lowest BCUT2D eigenvalue weighted by Gasteiger charge is -2.15. The SMILES string of the molecule is CC(CC1CCCC1)C1CC1C. The molecule has 0 heteroatoms. The summed E-state index contributed by atoms with van der Waals surface area (Å²) >= 11 is 0. The molecular weight excluding hydrogens is 144 g/mol. The average Bonchev–Trinajstić information content (AvgIpc) is 2.58. The van der Waals surface area contributed by atoms with E-state index in [4.69, 9.17) is 0 Å². The van der Waals surface area contributed by atoms with E-state index in [-0.39, 0.29) is 0 Å². The summed E-state index contributed by atoms with van der Waals surface area (Å²) in [6, 6.07) is 0. The first-order valence-electron chi connectivity index (χ1n) is 5.77. The third kappa shape index (κ3) is 1.84. The van der Waals surface area contributed by atoms with Gasteiger partial charge in [-0.3, -0.25) is 0 Å². The molecule has 0 spiro atoms. The summed E-state index contributed by atoms with van der Waals surface area (Å²) in [4.78, 5) is 0. The van der Waals surface area contributed by atoms with Crippen molar-refractivity contribution >= 4 is 0 Å². The van der Waals surface area contributed by atoms with Gasteiger partial charge in [-0.25, -0.2) is 0 Å². The highest BCUT2D eigenvalue weighted by Gasteiger charge is 2.37. The summed E-state index contributed by atoms with van der Waals surface area (Å²) in [5, 5.41) is 0. The van der Waals surface area contributed by atoms with Gasteiger partial charge in [-0.2, -0.15) is 0 Å². The lowest BCUT2D eigenvalue weighted by Crippen LogP contribution is -2.05. The Bertz CT molecular complexity index is 144. The molecule has 0 aromatic rings. The van der Waals surface area contributed by atoms with Crippen LogP contribution in [0.2, 0.25) is 0 Å². The van der Waals surface area contributed by atoms with Crippen LogP contribution in [-0.2, 0) is 0 Å². The van der Waals surface area contributed by atoms with Gasteiger partial charge in [-0.1, -0.05) is 39.5 Å². The van der Waals surface area contributed by atoms with E-state index >= 15 is 0 Å². The molecule has 0 heterocycles. The van der Waals surface area contributed by atoms with Gasteiger partial charge >= 0.3 is 0 Å². The molecule has 0 saturated heterocycles. The lowest BCUT2D eigenvalue weighted by molar-refractivity contribution is 0.355. The number of hydrogen-bond acceptors (Lipinski definition) is 0. The van der Waals surface area contributed by atoms with E-state index in [0.29, 0.717) is 0 Å². The van der Waals surface area contributed by atoms with E-state index in [1.54, 1.807) is 0 Å². The van der Waals surface area contributed by atoms with Gasteiger partial charge in [0.2, 0.25) is 0 Å². The molecule has 2 aliphatic rings. The lowest BCUT2D eigenvalue weighted by atomic mass is 9.91. The standard InChI is InChI=1S/C12H22/c1-9(12-8-10(12)2)7-11-5-3-4-6-11/h9-12H,3-8H2,1-2H3. The van der Waals surface area contributed by atoms with Gasteiger partial charge in [0.15, 0.2) is 0 Å². The summed E-state index contributed by atoms with van der Waals surface area (Å²) < 4.78 is 0. The van der Waals surface area contributed by atoms with Crippen molar-refractivity contribution in [1.29, 1.82) is 0 Å². The fraction of sp³-hybridized carbons (Fsp3) is 1.00. The molecule has 0 aromatic heterocycles. The minimum atomic E-state index is 1.03. The molecule has 0 N–H and O–H groups in total. The first kappa shape index (κ1) is 8.59. The Labute approximate surface area is 76.7 Å². The van der Waals surface area contributed by atoms with Crippen LogP contribution in [0.3, 0.4) is 0 Å². The van der Waals surface area contributed by atoms with Crippen molar-refractivity contribution in [2.45, 2.75) is 52.4 Å². The highest BCUT2D eigenvalue weighted by molar-refractivity contribution is 4.87. The fourth-order valence-corrected chi connectivity index (χ4v) is 3.09. The largest absolute Gasteiger partial charge is 0.0622 e. The molecule has 2 rings (SSSR count). The molecule has 0 nitrogen and oxygen atoms in total. The maximum atomic E-state index is 2.48. The van der Waals surface area contributed by atoms with Crippen LogP contribution in [0.25, 0.3) is 0 Å². The minimum absolute atomic E-state index is 1.03. The second-order valence-corrected chi connectivity index (χ2v) is 5.24. The van der Waals surface area contributed by atoms with E-state index in [9.17, 15) is 0 Å². The Morgan fingerprint density at radius 2 is 1.83 bits per heavy atom. The predicted molar refractivity (Wildman–Crippen MR) is 53.0 cm³/mol. The second kappa shape index (κ2) is 3.40. The molecule has 70 valence electrons. The highest BCUT2D eigenvalue weighted by Crippen LogP contribution is 2.47. The highest BCUT2D eigenvalue weighted by atomic mass is 14.4. The molecule has 3 unspecified atom stereocenters. The Hall–Kier alpha value is 0. The van der Waals surface area contributed by atoms with Gasteiger partial charge in [-0.05, 0) is 36.5 Å². The Morgan fingerprint density at radius 3 is 2.33 bits per heavy atom. The quantitative estimate of drug-likeness (QED) is 0.597. The average molecular weight is 166 g/mol. The molecular formula is C12H22. The van der Waals surface area contributed by atoms with E-state index in [1.165, 1.54) is 38.5 Å². The van der Waals surface area contributed by atoms with Crippen LogP contribution < -0.4 is 0 Å². The van der Waals surface area contributed by atoms with Crippen LogP contribution in [0.1, 0.15) is 52.4 Å². The Balaban J connectivity index is 1.71. The van der Waals surface area contributed by atoms with Gasteiger partial charge in [0.1, 0.15) is 0 Å². The molecule has 0 aliphatic heterocycles. The fourth-order valence-electron chi connectivity index (χ4n) is 3.09. The molecule has 2 saturated carbocycles. The molecule has 2 aliphatic carbocycles. The van der Waals surface area contributed by atoms with Gasteiger partial charge in [0.05, 0.1) is 0 Å². The van der Waals surface area contributed by atoms with Crippen LogP contribution in [0.4, 0.5) is 0 Å². The summed E-state index contributed by atoms with van der Waals surface area (Å²) in [7, 11) is 0. The first-order chi connectivity index (χ1) is 5.77. The minimum Gasteiger partial charge on any atom is -0.0622 e. The van der Waals surface area contributed by atoms with Crippen LogP contribution in [-0.4, -0.2) is 0 Å². The van der Waals surface area contributed by atoms with Gasteiger partial charge in [-0.15, -0.1) is 0 Å². The first-order valence-corrected chi connectivity index (χ1v) is 5.77. The zero-order valence-corrected chi connectivity index (χ0v) is 8.55. The zero-order valence-electron chi connectivity index (χ0n) is 8.55. The molecule has 12 heavy (non-hydrogen) atoms. The maximum Gasteiger partial charge on any atom is -0.0360 e. The zero-order chi connectivity index (χ0) is 8.55. The predicted octanol–water partition coefficient (Wildman–Crippen LogP) is 3.86. The second-order valence-electron chi connectivity index (χ2n) is 5.24. The van der Waals surface area contributed by atoms with E-state index in [2.05, 4.69) is 13.8 Å². The smallest absolute Gasteiger partial charge is 0.0360 e. The van der Waals surface area contributed by atoms with Crippen molar-refractivity contribution in [3.05, 3.63) is 0 Å². The van der Waals surface area contributed by atoms with E-state index in [0.717, 1.165) is 23.7 Å². The van der Waals surface area contributed by atoms with Crippen LogP contribution in [0, 0.1) is 23.7 Å². The molecule has 0 amide bonds. The summed E-state index contributed by atoms with van der Waals surface area (Å²) in [6.45, 7) is 4.89. The van der Waals surface area contributed by atoms with Crippen molar-refractivity contribution in [3.8, 4) is 0 Å². The van der Waals surface area contributed by atoms with E-state index in [1.807, 2.05) is 0 Å². The van der Waals surface area contributed by atoms with Crippen LogP contribution in [0.5, 0.6) is 0 Å². The number of hydrogen-bond donors (Lipinski definition) is 0. The maximum absolute atomic E-state index is 2.48. The Morgan fingerprint density at radius 1 is 1.25 bits per heavy atom.